The number of ketones is 1. The van der Waals surface area contributed by atoms with E-state index in [-0.39, 0.29) is 17.3 Å². The van der Waals surface area contributed by atoms with E-state index in [2.05, 4.69) is 42.5 Å². The summed E-state index contributed by atoms with van der Waals surface area (Å²) in [5.41, 5.74) is 4.07. The number of hydrogen-bond acceptors (Lipinski definition) is 3. The van der Waals surface area contributed by atoms with Gasteiger partial charge in [0.05, 0.1) is 12.7 Å². The molecule has 0 aliphatic heterocycles. The van der Waals surface area contributed by atoms with E-state index in [0.29, 0.717) is 24.2 Å². The van der Waals surface area contributed by atoms with Gasteiger partial charge >= 0.3 is 5.97 Å². The van der Waals surface area contributed by atoms with E-state index < -0.39 is 0 Å². The number of rotatable bonds is 3. The zero-order valence-electron chi connectivity index (χ0n) is 14.9. The summed E-state index contributed by atoms with van der Waals surface area (Å²) in [5.74, 6) is 0.234. The van der Waals surface area contributed by atoms with Crippen LogP contribution in [0, 0.1) is 5.92 Å². The first-order valence-corrected chi connectivity index (χ1v) is 9.09. The van der Waals surface area contributed by atoms with Crippen molar-refractivity contribution in [2.24, 2.45) is 5.92 Å². The molecule has 3 nitrogen and oxygen atoms in total. The second-order valence-corrected chi connectivity index (χ2v) is 7.32. The Balaban J connectivity index is 1.81. The first kappa shape index (κ1) is 16.8. The minimum Gasteiger partial charge on any atom is -0.465 e. The third-order valence-corrected chi connectivity index (χ3v) is 5.89. The smallest absolute Gasteiger partial charge is 0.337 e. The SMILES string of the molecule is COC(=O)c1ccc2c(c1)C=CC1CC(=O)CCC21Cc1ccccc1. The predicted molar refractivity (Wildman–Crippen MR) is 101 cm³/mol. The molecule has 2 aliphatic rings. The molecule has 0 heterocycles. The van der Waals surface area contributed by atoms with Crippen molar-refractivity contribution in [3.05, 3.63) is 76.9 Å². The highest BCUT2D eigenvalue weighted by atomic mass is 16.5. The fourth-order valence-corrected chi connectivity index (χ4v) is 4.57. The highest BCUT2D eigenvalue weighted by Crippen LogP contribution is 2.50. The predicted octanol–water partition coefficient (Wildman–Crippen LogP) is 4.35. The van der Waals surface area contributed by atoms with Gasteiger partial charge in [0, 0.05) is 18.3 Å². The van der Waals surface area contributed by atoms with Crippen LogP contribution in [0.2, 0.25) is 0 Å². The molecule has 1 saturated carbocycles. The quantitative estimate of drug-likeness (QED) is 0.776. The molecule has 2 atom stereocenters. The molecule has 0 amide bonds. The molecule has 2 aromatic rings. The van der Waals surface area contributed by atoms with Crippen molar-refractivity contribution in [2.45, 2.75) is 31.1 Å². The van der Waals surface area contributed by atoms with Crippen LogP contribution >= 0.6 is 0 Å². The molecule has 2 aliphatic carbocycles. The van der Waals surface area contributed by atoms with E-state index in [4.69, 9.17) is 4.74 Å². The molecule has 3 heteroatoms. The molecule has 0 aromatic heterocycles. The fourth-order valence-electron chi connectivity index (χ4n) is 4.57. The summed E-state index contributed by atoms with van der Waals surface area (Å²) < 4.78 is 4.86. The summed E-state index contributed by atoms with van der Waals surface area (Å²) in [6.07, 6.45) is 7.20. The molecular formula is C23H22O3. The Morgan fingerprint density at radius 3 is 2.77 bits per heavy atom. The van der Waals surface area contributed by atoms with Gasteiger partial charge in [-0.25, -0.2) is 4.79 Å². The van der Waals surface area contributed by atoms with Gasteiger partial charge in [0.1, 0.15) is 5.78 Å². The first-order valence-electron chi connectivity index (χ1n) is 9.09. The van der Waals surface area contributed by atoms with Crippen molar-refractivity contribution in [3.63, 3.8) is 0 Å². The number of hydrogen-bond donors (Lipinski definition) is 0. The summed E-state index contributed by atoms with van der Waals surface area (Å²) >= 11 is 0. The van der Waals surface area contributed by atoms with Crippen molar-refractivity contribution in [1.29, 1.82) is 0 Å². The Morgan fingerprint density at radius 1 is 1.19 bits per heavy atom. The van der Waals surface area contributed by atoms with Crippen LogP contribution < -0.4 is 0 Å². The second-order valence-electron chi connectivity index (χ2n) is 7.32. The van der Waals surface area contributed by atoms with Gasteiger partial charge in [-0.05, 0) is 47.6 Å². The van der Waals surface area contributed by atoms with Crippen LogP contribution in [0.3, 0.4) is 0 Å². The lowest BCUT2D eigenvalue weighted by Crippen LogP contribution is -2.43. The van der Waals surface area contributed by atoms with E-state index in [1.165, 1.54) is 18.2 Å². The number of carbonyl (C=O) groups excluding carboxylic acids is 2. The van der Waals surface area contributed by atoms with Crippen molar-refractivity contribution in [3.8, 4) is 0 Å². The molecule has 1 fully saturated rings. The molecule has 4 rings (SSSR count). The van der Waals surface area contributed by atoms with E-state index >= 15 is 0 Å². The number of Topliss-reactive ketones (excluding diaryl/α,β-unsaturated/α-hetero) is 1. The summed E-state index contributed by atoms with van der Waals surface area (Å²) in [4.78, 5) is 24.0. The Morgan fingerprint density at radius 2 is 2.00 bits per heavy atom. The van der Waals surface area contributed by atoms with E-state index in [9.17, 15) is 9.59 Å². The average molecular weight is 346 g/mol. The number of methoxy groups -OCH3 is 1. The van der Waals surface area contributed by atoms with Crippen LogP contribution in [0.1, 0.15) is 46.3 Å². The van der Waals surface area contributed by atoms with E-state index in [1.807, 2.05) is 18.2 Å². The number of ether oxygens (including phenoxy) is 1. The average Bonchev–Trinajstić information content (AvgIpc) is 2.68. The second kappa shape index (κ2) is 6.56. The third-order valence-electron chi connectivity index (χ3n) is 5.89. The molecule has 2 unspecified atom stereocenters. The highest BCUT2D eigenvalue weighted by molar-refractivity contribution is 5.90. The zero-order chi connectivity index (χ0) is 18.1. The number of allylic oxidation sites excluding steroid dienone is 1. The van der Waals surface area contributed by atoms with Crippen molar-refractivity contribution in [1.82, 2.24) is 0 Å². The number of carbonyl (C=O) groups is 2. The molecular weight excluding hydrogens is 324 g/mol. The lowest BCUT2D eigenvalue weighted by Gasteiger charge is -2.46. The van der Waals surface area contributed by atoms with Crippen molar-refractivity contribution in [2.75, 3.05) is 7.11 Å². The van der Waals surface area contributed by atoms with Crippen LogP contribution in [-0.4, -0.2) is 18.9 Å². The topological polar surface area (TPSA) is 43.4 Å². The molecule has 0 spiro atoms. The van der Waals surface area contributed by atoms with E-state index in [1.54, 1.807) is 0 Å². The Labute approximate surface area is 153 Å². The molecule has 0 radical (unpaired) electrons. The molecule has 132 valence electrons. The third kappa shape index (κ3) is 2.78. The summed E-state index contributed by atoms with van der Waals surface area (Å²) in [6, 6.07) is 16.3. The molecule has 2 aromatic carbocycles. The van der Waals surface area contributed by atoms with Gasteiger partial charge in [-0.3, -0.25) is 4.79 Å². The van der Waals surface area contributed by atoms with Crippen molar-refractivity contribution >= 4 is 17.8 Å². The summed E-state index contributed by atoms with van der Waals surface area (Å²) in [5, 5.41) is 0. The fraction of sp³-hybridized carbons (Fsp3) is 0.304. The van der Waals surface area contributed by atoms with Gasteiger partial charge in [-0.2, -0.15) is 0 Å². The zero-order valence-corrected chi connectivity index (χ0v) is 14.9. The van der Waals surface area contributed by atoms with Gasteiger partial charge in [-0.15, -0.1) is 0 Å². The van der Waals surface area contributed by atoms with Crippen LogP contribution in [0.15, 0.2) is 54.6 Å². The van der Waals surface area contributed by atoms with Gasteiger partial charge in [0.25, 0.3) is 0 Å². The monoisotopic (exact) mass is 346 g/mol. The largest absolute Gasteiger partial charge is 0.465 e. The Hall–Kier alpha value is -2.68. The molecule has 0 saturated heterocycles. The lowest BCUT2D eigenvalue weighted by molar-refractivity contribution is -0.122. The highest BCUT2D eigenvalue weighted by Gasteiger charge is 2.45. The van der Waals surface area contributed by atoms with Crippen molar-refractivity contribution < 1.29 is 14.3 Å². The van der Waals surface area contributed by atoms with Gasteiger partial charge in [0.2, 0.25) is 0 Å². The number of esters is 1. The van der Waals surface area contributed by atoms with Gasteiger partial charge < -0.3 is 4.74 Å². The maximum Gasteiger partial charge on any atom is 0.337 e. The van der Waals surface area contributed by atoms with Crippen LogP contribution in [0.5, 0.6) is 0 Å². The Kier molecular flexibility index (Phi) is 4.23. The minimum atomic E-state index is -0.320. The van der Waals surface area contributed by atoms with E-state index in [0.717, 1.165) is 18.4 Å². The van der Waals surface area contributed by atoms with Crippen LogP contribution in [0.25, 0.3) is 6.08 Å². The molecule has 0 bridgehead atoms. The van der Waals surface area contributed by atoms with Gasteiger partial charge in [0.15, 0.2) is 0 Å². The molecule has 0 N–H and O–H groups in total. The first-order chi connectivity index (χ1) is 12.6. The minimum absolute atomic E-state index is 0.0893. The van der Waals surface area contributed by atoms with Crippen LogP contribution in [-0.2, 0) is 21.4 Å². The molecule has 26 heavy (non-hydrogen) atoms. The maximum absolute atomic E-state index is 12.1. The number of fused-ring (bicyclic) bond motifs is 3. The lowest BCUT2D eigenvalue weighted by atomic mass is 9.57. The van der Waals surface area contributed by atoms with Gasteiger partial charge in [-0.1, -0.05) is 48.6 Å². The summed E-state index contributed by atoms with van der Waals surface area (Å²) in [7, 11) is 1.40. The Bertz CT molecular complexity index is 882. The maximum atomic E-state index is 12.1. The normalized spacial score (nSPS) is 23.9. The number of benzene rings is 2. The summed E-state index contributed by atoms with van der Waals surface area (Å²) in [6.45, 7) is 0. The standard InChI is InChI=1S/C23H22O3/c1-26-22(25)18-8-10-21-17(13-18)7-9-19-14-20(24)11-12-23(19,21)15-16-5-3-2-4-6-16/h2-10,13,19H,11-12,14-15H2,1H3. The van der Waals surface area contributed by atoms with Crippen LogP contribution in [0.4, 0.5) is 0 Å².